The first-order valence-electron chi connectivity index (χ1n) is 6.35. The lowest BCUT2D eigenvalue weighted by Gasteiger charge is -2.22. The summed E-state index contributed by atoms with van der Waals surface area (Å²) in [6.07, 6.45) is -0.618. The molecule has 1 aromatic carbocycles. The van der Waals surface area contributed by atoms with Crippen molar-refractivity contribution >= 4 is 6.09 Å². The van der Waals surface area contributed by atoms with Crippen molar-refractivity contribution in [1.29, 1.82) is 0 Å². The maximum absolute atomic E-state index is 13.7. The van der Waals surface area contributed by atoms with E-state index in [1.165, 1.54) is 12.1 Å². The van der Waals surface area contributed by atoms with Crippen molar-refractivity contribution in [3.8, 4) is 0 Å². The van der Waals surface area contributed by atoms with Gasteiger partial charge in [-0.25, -0.2) is 13.6 Å². The van der Waals surface area contributed by atoms with Crippen molar-refractivity contribution < 1.29 is 18.3 Å². The van der Waals surface area contributed by atoms with Crippen LogP contribution in [0, 0.1) is 11.6 Å². The second kappa shape index (κ2) is 6.65. The summed E-state index contributed by atoms with van der Waals surface area (Å²) in [6.45, 7) is 5.36. The summed E-state index contributed by atoms with van der Waals surface area (Å²) >= 11 is 0. The summed E-state index contributed by atoms with van der Waals surface area (Å²) in [7, 11) is 0. The number of hydrogen-bond acceptors (Lipinski definition) is 3. The van der Waals surface area contributed by atoms with Crippen molar-refractivity contribution in [3.63, 3.8) is 0 Å². The van der Waals surface area contributed by atoms with Crippen molar-refractivity contribution in [2.75, 3.05) is 13.1 Å². The fraction of sp³-hybridized carbons (Fsp3) is 0.500. The van der Waals surface area contributed by atoms with Crippen LogP contribution in [0.15, 0.2) is 18.2 Å². The van der Waals surface area contributed by atoms with Gasteiger partial charge in [0.05, 0.1) is 0 Å². The number of nitrogens with two attached hydrogens (primary N) is 1. The van der Waals surface area contributed by atoms with Crippen LogP contribution in [0.3, 0.4) is 0 Å². The number of amides is 1. The number of carbonyl (C=O) groups is 1. The molecule has 0 aliphatic heterocycles. The van der Waals surface area contributed by atoms with Gasteiger partial charge in [0.1, 0.15) is 5.60 Å². The van der Waals surface area contributed by atoms with Crippen LogP contribution < -0.4 is 11.1 Å². The Kier molecular flexibility index (Phi) is 5.44. The Bertz CT molecular complexity index is 473. The highest BCUT2D eigenvalue weighted by atomic mass is 19.2. The van der Waals surface area contributed by atoms with E-state index in [4.69, 9.17) is 10.5 Å². The molecule has 20 heavy (non-hydrogen) atoms. The van der Waals surface area contributed by atoms with Gasteiger partial charge in [-0.05, 0) is 32.4 Å². The normalized spacial score (nSPS) is 12.9. The summed E-state index contributed by atoms with van der Waals surface area (Å²) < 4.78 is 31.9. The number of ether oxygens (including phenoxy) is 1. The molecule has 4 nitrogen and oxygen atoms in total. The molecule has 0 spiro atoms. The van der Waals surface area contributed by atoms with Crippen LogP contribution in [0.2, 0.25) is 0 Å². The minimum Gasteiger partial charge on any atom is -0.444 e. The van der Waals surface area contributed by atoms with Gasteiger partial charge in [0, 0.05) is 19.0 Å². The summed E-state index contributed by atoms with van der Waals surface area (Å²) in [4.78, 5) is 11.5. The third-order valence-corrected chi connectivity index (χ3v) is 2.60. The van der Waals surface area contributed by atoms with E-state index in [-0.39, 0.29) is 18.7 Å². The van der Waals surface area contributed by atoms with E-state index < -0.39 is 29.2 Å². The van der Waals surface area contributed by atoms with Gasteiger partial charge in [-0.3, -0.25) is 0 Å². The molecule has 1 rings (SSSR count). The molecule has 1 amide bonds. The van der Waals surface area contributed by atoms with Gasteiger partial charge in [0.2, 0.25) is 0 Å². The summed E-state index contributed by atoms with van der Waals surface area (Å²) in [5, 5.41) is 2.51. The zero-order valence-corrected chi connectivity index (χ0v) is 11.9. The summed E-state index contributed by atoms with van der Waals surface area (Å²) in [5.41, 5.74) is 5.08. The fourth-order valence-electron chi connectivity index (χ4n) is 1.68. The number of hydrogen-bond donors (Lipinski definition) is 2. The number of carbonyl (C=O) groups excluding carboxylic acids is 1. The Balaban J connectivity index is 2.69. The second-order valence-electron chi connectivity index (χ2n) is 5.46. The lowest BCUT2D eigenvalue weighted by molar-refractivity contribution is 0.0524. The molecule has 0 aromatic heterocycles. The quantitative estimate of drug-likeness (QED) is 0.894. The predicted octanol–water partition coefficient (Wildman–Crippen LogP) is 2.53. The topological polar surface area (TPSA) is 64.3 Å². The molecule has 1 atom stereocenters. The minimum absolute atomic E-state index is 0.0752. The van der Waals surface area contributed by atoms with Crippen LogP contribution in [0.25, 0.3) is 0 Å². The molecule has 0 saturated carbocycles. The third-order valence-electron chi connectivity index (χ3n) is 2.60. The van der Waals surface area contributed by atoms with Crippen LogP contribution in [-0.2, 0) is 4.74 Å². The van der Waals surface area contributed by atoms with Crippen molar-refractivity contribution in [2.24, 2.45) is 5.73 Å². The SMILES string of the molecule is CC(C)(C)OC(=O)NCC(CN)c1cccc(F)c1F. The Morgan fingerprint density at radius 1 is 1.40 bits per heavy atom. The van der Waals surface area contributed by atoms with E-state index in [1.54, 1.807) is 20.8 Å². The Morgan fingerprint density at radius 3 is 2.60 bits per heavy atom. The number of nitrogens with one attached hydrogen (secondary N) is 1. The number of halogens is 2. The van der Waals surface area contributed by atoms with Crippen LogP contribution in [0.5, 0.6) is 0 Å². The van der Waals surface area contributed by atoms with Gasteiger partial charge in [-0.15, -0.1) is 0 Å². The lowest BCUT2D eigenvalue weighted by Crippen LogP contribution is -2.36. The minimum atomic E-state index is -0.936. The number of alkyl carbamates (subject to hydrolysis) is 1. The van der Waals surface area contributed by atoms with Gasteiger partial charge in [-0.2, -0.15) is 0 Å². The van der Waals surface area contributed by atoms with E-state index in [0.29, 0.717) is 0 Å². The molecule has 0 bridgehead atoms. The first kappa shape index (κ1) is 16.4. The van der Waals surface area contributed by atoms with Crippen LogP contribution in [0.4, 0.5) is 13.6 Å². The fourth-order valence-corrected chi connectivity index (χ4v) is 1.68. The molecule has 0 radical (unpaired) electrons. The molecule has 6 heteroatoms. The molecule has 0 fully saturated rings. The van der Waals surface area contributed by atoms with Crippen LogP contribution >= 0.6 is 0 Å². The average molecular weight is 286 g/mol. The highest BCUT2D eigenvalue weighted by Crippen LogP contribution is 2.20. The maximum atomic E-state index is 13.7. The van der Waals surface area contributed by atoms with E-state index in [2.05, 4.69) is 5.32 Å². The Hall–Kier alpha value is -1.69. The first-order valence-corrected chi connectivity index (χ1v) is 6.35. The van der Waals surface area contributed by atoms with E-state index >= 15 is 0 Å². The smallest absolute Gasteiger partial charge is 0.407 e. The maximum Gasteiger partial charge on any atom is 0.407 e. The summed E-state index contributed by atoms with van der Waals surface area (Å²) in [6, 6.07) is 3.89. The highest BCUT2D eigenvalue weighted by molar-refractivity contribution is 5.67. The van der Waals surface area contributed by atoms with Crippen LogP contribution in [0.1, 0.15) is 32.3 Å². The standard InChI is InChI=1S/C14H20F2N2O2/c1-14(2,3)20-13(19)18-8-9(7-17)10-5-4-6-11(15)12(10)16/h4-6,9H,7-8,17H2,1-3H3,(H,18,19). The molecule has 0 heterocycles. The molecule has 3 N–H and O–H groups in total. The van der Waals surface area contributed by atoms with E-state index in [0.717, 1.165) is 6.07 Å². The zero-order valence-electron chi connectivity index (χ0n) is 11.9. The molecule has 112 valence electrons. The van der Waals surface area contributed by atoms with Crippen LogP contribution in [-0.4, -0.2) is 24.8 Å². The Labute approximate surface area is 117 Å². The number of benzene rings is 1. The van der Waals surface area contributed by atoms with Gasteiger partial charge >= 0.3 is 6.09 Å². The summed E-state index contributed by atoms with van der Waals surface area (Å²) in [5.74, 6) is -2.38. The lowest BCUT2D eigenvalue weighted by atomic mass is 9.98. The molecule has 0 saturated heterocycles. The zero-order chi connectivity index (χ0) is 15.3. The van der Waals surface area contributed by atoms with Gasteiger partial charge < -0.3 is 15.8 Å². The molecule has 1 unspecified atom stereocenters. The molecular formula is C14H20F2N2O2. The first-order chi connectivity index (χ1) is 9.24. The second-order valence-corrected chi connectivity index (χ2v) is 5.46. The van der Waals surface area contributed by atoms with Gasteiger partial charge in [0.15, 0.2) is 11.6 Å². The van der Waals surface area contributed by atoms with Crippen molar-refractivity contribution in [3.05, 3.63) is 35.4 Å². The number of rotatable bonds is 4. The average Bonchev–Trinajstić information content (AvgIpc) is 2.32. The molecule has 0 aliphatic rings. The van der Waals surface area contributed by atoms with E-state index in [9.17, 15) is 13.6 Å². The van der Waals surface area contributed by atoms with E-state index in [1.807, 2.05) is 0 Å². The van der Waals surface area contributed by atoms with Crippen molar-refractivity contribution in [2.45, 2.75) is 32.3 Å². The highest BCUT2D eigenvalue weighted by Gasteiger charge is 2.20. The van der Waals surface area contributed by atoms with Gasteiger partial charge in [0.25, 0.3) is 0 Å². The van der Waals surface area contributed by atoms with Crippen molar-refractivity contribution in [1.82, 2.24) is 5.32 Å². The third kappa shape index (κ3) is 4.77. The predicted molar refractivity (Wildman–Crippen MR) is 72.4 cm³/mol. The Morgan fingerprint density at radius 2 is 2.05 bits per heavy atom. The van der Waals surface area contributed by atoms with Gasteiger partial charge in [-0.1, -0.05) is 12.1 Å². The molecule has 1 aromatic rings. The monoisotopic (exact) mass is 286 g/mol. The largest absolute Gasteiger partial charge is 0.444 e. The molecular weight excluding hydrogens is 266 g/mol. The molecule has 0 aliphatic carbocycles.